The Balaban J connectivity index is 2.13. The maximum Gasteiger partial charge on any atom is 0.328 e. The highest BCUT2D eigenvalue weighted by Crippen LogP contribution is 2.35. The molecule has 4 nitrogen and oxygen atoms in total. The lowest BCUT2D eigenvalue weighted by molar-refractivity contribution is -0.131. The average molecular weight is 311 g/mol. The number of fused-ring (bicyclic) bond motifs is 1. The minimum atomic E-state index is -1.04. The summed E-state index contributed by atoms with van der Waals surface area (Å²) < 4.78 is 20.7. The number of aryl methyl sites for hydroxylation is 1. The van der Waals surface area contributed by atoms with Gasteiger partial charge in [0.25, 0.3) is 0 Å². The van der Waals surface area contributed by atoms with Gasteiger partial charge in [0, 0.05) is 24.1 Å². The molecule has 1 heterocycles. The van der Waals surface area contributed by atoms with Gasteiger partial charge < -0.3 is 14.4 Å². The molecule has 0 amide bonds. The minimum absolute atomic E-state index is 0.347. The van der Waals surface area contributed by atoms with Crippen molar-refractivity contribution in [2.45, 2.75) is 0 Å². The SMILES string of the molecule is Cn1c(Oc2ccc(F)cc2)c(/C=C/C(=O)O)c2ccccc21. The van der Waals surface area contributed by atoms with Crippen molar-refractivity contribution in [3.8, 4) is 11.6 Å². The summed E-state index contributed by atoms with van der Waals surface area (Å²) in [5, 5.41) is 9.77. The van der Waals surface area contributed by atoms with Gasteiger partial charge in [-0.3, -0.25) is 0 Å². The van der Waals surface area contributed by atoms with Crippen molar-refractivity contribution in [2.75, 3.05) is 0 Å². The van der Waals surface area contributed by atoms with Crippen molar-refractivity contribution in [1.29, 1.82) is 0 Å². The van der Waals surface area contributed by atoms with Gasteiger partial charge in [0.1, 0.15) is 11.6 Å². The number of hydrogen-bond donors (Lipinski definition) is 1. The van der Waals surface area contributed by atoms with Gasteiger partial charge in [-0.15, -0.1) is 0 Å². The lowest BCUT2D eigenvalue weighted by Gasteiger charge is -2.08. The number of carbonyl (C=O) groups is 1. The molecule has 0 radical (unpaired) electrons. The molecule has 0 saturated heterocycles. The first-order valence-electron chi connectivity index (χ1n) is 6.98. The van der Waals surface area contributed by atoms with Crippen molar-refractivity contribution in [1.82, 2.24) is 4.57 Å². The van der Waals surface area contributed by atoms with Gasteiger partial charge in [-0.2, -0.15) is 0 Å². The number of halogens is 1. The van der Waals surface area contributed by atoms with E-state index in [1.807, 2.05) is 35.9 Å². The third-order valence-corrected chi connectivity index (χ3v) is 3.51. The molecule has 0 aliphatic heterocycles. The third-order valence-electron chi connectivity index (χ3n) is 3.51. The highest BCUT2D eigenvalue weighted by Gasteiger charge is 2.15. The first-order chi connectivity index (χ1) is 11.1. The molecule has 0 fully saturated rings. The summed E-state index contributed by atoms with van der Waals surface area (Å²) in [5.41, 5.74) is 1.57. The summed E-state index contributed by atoms with van der Waals surface area (Å²) in [6.07, 6.45) is 2.57. The zero-order valence-corrected chi connectivity index (χ0v) is 12.4. The van der Waals surface area contributed by atoms with Crippen molar-refractivity contribution in [3.63, 3.8) is 0 Å². The topological polar surface area (TPSA) is 51.5 Å². The first kappa shape index (κ1) is 14.8. The maximum absolute atomic E-state index is 13.0. The molecule has 116 valence electrons. The van der Waals surface area contributed by atoms with Crippen LogP contribution in [-0.4, -0.2) is 15.6 Å². The molecule has 0 atom stereocenters. The summed E-state index contributed by atoms with van der Waals surface area (Å²) in [6.45, 7) is 0. The number of aromatic nitrogens is 1. The molecule has 2 aromatic carbocycles. The monoisotopic (exact) mass is 311 g/mol. The van der Waals surface area contributed by atoms with Crippen LogP contribution in [0.3, 0.4) is 0 Å². The van der Waals surface area contributed by atoms with E-state index in [0.29, 0.717) is 17.2 Å². The Morgan fingerprint density at radius 2 is 1.87 bits per heavy atom. The van der Waals surface area contributed by atoms with E-state index in [-0.39, 0.29) is 5.82 Å². The number of para-hydroxylation sites is 1. The first-order valence-corrected chi connectivity index (χ1v) is 6.98. The van der Waals surface area contributed by atoms with Crippen molar-refractivity contribution in [3.05, 3.63) is 66.0 Å². The van der Waals surface area contributed by atoms with Crippen molar-refractivity contribution >= 4 is 22.9 Å². The molecule has 1 aromatic heterocycles. The van der Waals surface area contributed by atoms with E-state index < -0.39 is 5.97 Å². The largest absolute Gasteiger partial charge is 0.478 e. The minimum Gasteiger partial charge on any atom is -0.478 e. The Morgan fingerprint density at radius 3 is 2.57 bits per heavy atom. The van der Waals surface area contributed by atoms with Crippen LogP contribution in [0.2, 0.25) is 0 Å². The Labute approximate surface area is 132 Å². The fraction of sp³-hybridized carbons (Fsp3) is 0.0556. The zero-order valence-electron chi connectivity index (χ0n) is 12.4. The fourth-order valence-corrected chi connectivity index (χ4v) is 2.45. The third kappa shape index (κ3) is 2.94. The van der Waals surface area contributed by atoms with Crippen LogP contribution in [0.15, 0.2) is 54.6 Å². The van der Waals surface area contributed by atoms with Crippen molar-refractivity contribution < 1.29 is 19.0 Å². The molecular weight excluding hydrogens is 297 g/mol. The molecule has 5 heteroatoms. The quantitative estimate of drug-likeness (QED) is 0.734. The standard InChI is InChI=1S/C18H14FNO3/c1-20-16-5-3-2-4-14(16)15(10-11-17(21)22)18(20)23-13-8-6-12(19)7-9-13/h2-11H,1H3,(H,21,22)/b11-10+. The van der Waals surface area contributed by atoms with E-state index >= 15 is 0 Å². The molecule has 3 rings (SSSR count). The highest BCUT2D eigenvalue weighted by atomic mass is 19.1. The van der Waals surface area contributed by atoms with Crippen LogP contribution in [0.5, 0.6) is 11.6 Å². The molecule has 0 aliphatic rings. The van der Waals surface area contributed by atoms with E-state index in [4.69, 9.17) is 9.84 Å². The van der Waals surface area contributed by atoms with Gasteiger partial charge in [0.05, 0.1) is 5.52 Å². The van der Waals surface area contributed by atoms with E-state index in [1.165, 1.54) is 30.3 Å². The summed E-state index contributed by atoms with van der Waals surface area (Å²) in [5.74, 6) is -0.413. The number of nitrogens with zero attached hydrogens (tertiary/aromatic N) is 1. The number of carboxylic acid groups (broad SMARTS) is 1. The molecule has 3 aromatic rings. The molecule has 0 spiro atoms. The molecule has 0 unspecified atom stereocenters. The highest BCUT2D eigenvalue weighted by molar-refractivity contribution is 5.96. The molecule has 23 heavy (non-hydrogen) atoms. The number of aliphatic carboxylic acids is 1. The molecule has 1 N–H and O–H groups in total. The van der Waals surface area contributed by atoms with Crippen LogP contribution in [0.25, 0.3) is 17.0 Å². The second-order valence-electron chi connectivity index (χ2n) is 5.02. The lowest BCUT2D eigenvalue weighted by atomic mass is 10.1. The Hall–Kier alpha value is -3.08. The fourth-order valence-electron chi connectivity index (χ4n) is 2.45. The van der Waals surface area contributed by atoms with E-state index in [0.717, 1.165) is 17.0 Å². The zero-order chi connectivity index (χ0) is 16.4. The summed E-state index contributed by atoms with van der Waals surface area (Å²) >= 11 is 0. The second-order valence-corrected chi connectivity index (χ2v) is 5.02. The Morgan fingerprint density at radius 1 is 1.17 bits per heavy atom. The van der Waals surface area contributed by atoms with Gasteiger partial charge in [0.2, 0.25) is 5.88 Å². The molecular formula is C18H14FNO3. The van der Waals surface area contributed by atoms with E-state index in [1.54, 1.807) is 0 Å². The molecule has 0 saturated carbocycles. The van der Waals surface area contributed by atoms with Crippen LogP contribution >= 0.6 is 0 Å². The van der Waals surface area contributed by atoms with Gasteiger partial charge in [-0.25, -0.2) is 9.18 Å². The molecule has 0 bridgehead atoms. The lowest BCUT2D eigenvalue weighted by Crippen LogP contribution is -1.95. The number of benzene rings is 2. The number of hydrogen-bond acceptors (Lipinski definition) is 2. The van der Waals surface area contributed by atoms with Gasteiger partial charge in [-0.1, -0.05) is 18.2 Å². The Bertz CT molecular complexity index is 895. The van der Waals surface area contributed by atoms with Crippen LogP contribution in [0.1, 0.15) is 5.56 Å². The average Bonchev–Trinajstić information content (AvgIpc) is 2.80. The molecule has 0 aliphatic carbocycles. The van der Waals surface area contributed by atoms with Crippen LogP contribution in [-0.2, 0) is 11.8 Å². The van der Waals surface area contributed by atoms with Gasteiger partial charge in [0.15, 0.2) is 0 Å². The number of ether oxygens (including phenoxy) is 1. The van der Waals surface area contributed by atoms with Gasteiger partial charge in [-0.05, 0) is 36.4 Å². The van der Waals surface area contributed by atoms with Crippen LogP contribution in [0.4, 0.5) is 4.39 Å². The summed E-state index contributed by atoms with van der Waals surface area (Å²) in [7, 11) is 1.83. The number of rotatable bonds is 4. The van der Waals surface area contributed by atoms with E-state index in [2.05, 4.69) is 0 Å². The summed E-state index contributed by atoms with van der Waals surface area (Å²) in [4.78, 5) is 10.8. The van der Waals surface area contributed by atoms with E-state index in [9.17, 15) is 9.18 Å². The maximum atomic E-state index is 13.0. The predicted octanol–water partition coefficient (Wildman–Crippen LogP) is 4.21. The summed E-state index contributed by atoms with van der Waals surface area (Å²) in [6, 6.07) is 13.3. The van der Waals surface area contributed by atoms with Gasteiger partial charge >= 0.3 is 5.97 Å². The normalized spacial score (nSPS) is 11.2. The predicted molar refractivity (Wildman–Crippen MR) is 86.1 cm³/mol. The number of carboxylic acids is 1. The Kier molecular flexibility index (Phi) is 3.85. The van der Waals surface area contributed by atoms with Crippen LogP contribution in [0, 0.1) is 5.82 Å². The second kappa shape index (κ2) is 5.96. The smallest absolute Gasteiger partial charge is 0.328 e. The van der Waals surface area contributed by atoms with Crippen LogP contribution < -0.4 is 4.74 Å². The van der Waals surface area contributed by atoms with Crippen molar-refractivity contribution in [2.24, 2.45) is 7.05 Å².